The smallest absolute Gasteiger partial charge is 0.244 e. The molecule has 4 nitrogen and oxygen atoms in total. The lowest BCUT2D eigenvalue weighted by molar-refractivity contribution is 0.260. The summed E-state index contributed by atoms with van der Waals surface area (Å²) in [4.78, 5) is 5.53. The number of nitrogens with zero attached hydrogens (tertiary/aromatic N) is 2. The van der Waals surface area contributed by atoms with Crippen LogP contribution in [-0.4, -0.2) is 16.7 Å². The maximum Gasteiger partial charge on any atom is 0.244 e. The van der Waals surface area contributed by atoms with Crippen molar-refractivity contribution in [1.82, 2.24) is 15.5 Å². The number of thiophene rings is 1. The summed E-state index contributed by atoms with van der Waals surface area (Å²) in [6.45, 7) is 3.29. The Kier molecular flexibility index (Phi) is 3.50. The lowest BCUT2D eigenvalue weighted by atomic mass is 9.94. The van der Waals surface area contributed by atoms with Crippen LogP contribution in [0.3, 0.4) is 0 Å². The molecule has 96 valence electrons. The van der Waals surface area contributed by atoms with Crippen molar-refractivity contribution in [2.45, 2.75) is 25.8 Å². The third-order valence-corrected chi connectivity index (χ3v) is 4.82. The highest BCUT2D eigenvalue weighted by atomic mass is 79.9. The molecular formula is C12H14BrN3OS. The largest absolute Gasteiger partial charge is 0.337 e. The van der Waals surface area contributed by atoms with E-state index in [4.69, 9.17) is 4.52 Å². The molecule has 0 aliphatic carbocycles. The Morgan fingerprint density at radius 1 is 1.50 bits per heavy atom. The number of hydrogen-bond acceptors (Lipinski definition) is 5. The summed E-state index contributed by atoms with van der Waals surface area (Å²) in [6.07, 6.45) is 2.28. The van der Waals surface area contributed by atoms with Crippen molar-refractivity contribution in [3.8, 4) is 10.7 Å². The molecule has 0 saturated carbocycles. The predicted molar refractivity (Wildman–Crippen MR) is 74.5 cm³/mol. The summed E-state index contributed by atoms with van der Waals surface area (Å²) >= 11 is 5.05. The molecule has 1 N–H and O–H groups in total. The van der Waals surface area contributed by atoms with E-state index in [0.29, 0.717) is 17.6 Å². The minimum absolute atomic E-state index is 0.207. The molecule has 1 aliphatic rings. The Bertz CT molecular complexity index is 539. The van der Waals surface area contributed by atoms with Crippen LogP contribution < -0.4 is 5.32 Å². The highest BCUT2D eigenvalue weighted by molar-refractivity contribution is 9.11. The molecule has 2 aromatic heterocycles. The fourth-order valence-electron chi connectivity index (χ4n) is 2.21. The van der Waals surface area contributed by atoms with Gasteiger partial charge in [-0.2, -0.15) is 4.98 Å². The lowest BCUT2D eigenvalue weighted by Crippen LogP contribution is -2.30. The Morgan fingerprint density at radius 2 is 2.39 bits per heavy atom. The molecule has 3 rings (SSSR count). The second-order valence-corrected chi connectivity index (χ2v) is 7.16. The summed E-state index contributed by atoms with van der Waals surface area (Å²) in [6, 6.07) is 4.20. The third kappa shape index (κ3) is 2.50. The Balaban J connectivity index is 1.80. The molecule has 1 saturated heterocycles. The quantitative estimate of drug-likeness (QED) is 0.915. The maximum absolute atomic E-state index is 5.38. The van der Waals surface area contributed by atoms with Gasteiger partial charge in [0.15, 0.2) is 0 Å². The van der Waals surface area contributed by atoms with Crippen molar-refractivity contribution in [3.05, 3.63) is 21.8 Å². The fraction of sp³-hybridized carbons (Fsp3) is 0.500. The van der Waals surface area contributed by atoms with E-state index in [1.54, 1.807) is 11.3 Å². The second-order valence-electron chi connectivity index (χ2n) is 4.70. The molecule has 2 unspecified atom stereocenters. The maximum atomic E-state index is 5.38. The van der Waals surface area contributed by atoms with Gasteiger partial charge in [-0.25, -0.2) is 0 Å². The topological polar surface area (TPSA) is 51.0 Å². The van der Waals surface area contributed by atoms with Crippen molar-refractivity contribution in [2.24, 2.45) is 5.92 Å². The fourth-order valence-corrected chi connectivity index (χ4v) is 3.52. The van der Waals surface area contributed by atoms with Crippen LogP contribution in [0.5, 0.6) is 0 Å². The molecule has 2 atom stereocenters. The number of halogens is 1. The molecule has 0 aromatic carbocycles. The summed E-state index contributed by atoms with van der Waals surface area (Å²) in [7, 11) is 0. The van der Waals surface area contributed by atoms with E-state index in [2.05, 4.69) is 38.3 Å². The monoisotopic (exact) mass is 327 g/mol. The molecule has 3 heterocycles. The van der Waals surface area contributed by atoms with E-state index in [1.807, 2.05) is 12.1 Å². The van der Waals surface area contributed by atoms with Gasteiger partial charge in [-0.15, -0.1) is 11.3 Å². The summed E-state index contributed by atoms with van der Waals surface area (Å²) in [5, 5.41) is 7.50. The predicted octanol–water partition coefficient (Wildman–Crippen LogP) is 3.62. The van der Waals surface area contributed by atoms with Crippen LogP contribution in [0.2, 0.25) is 0 Å². The van der Waals surface area contributed by atoms with E-state index in [-0.39, 0.29) is 6.04 Å². The van der Waals surface area contributed by atoms with Crippen molar-refractivity contribution >= 4 is 27.3 Å². The van der Waals surface area contributed by atoms with E-state index in [0.717, 1.165) is 21.6 Å². The first-order valence-corrected chi connectivity index (χ1v) is 7.66. The van der Waals surface area contributed by atoms with Crippen LogP contribution in [0.4, 0.5) is 0 Å². The zero-order valence-corrected chi connectivity index (χ0v) is 12.4. The molecule has 18 heavy (non-hydrogen) atoms. The molecule has 0 bridgehead atoms. The lowest BCUT2D eigenvalue weighted by Gasteiger charge is -2.25. The van der Waals surface area contributed by atoms with Gasteiger partial charge in [0.1, 0.15) is 0 Å². The zero-order chi connectivity index (χ0) is 12.5. The van der Waals surface area contributed by atoms with Crippen molar-refractivity contribution in [3.63, 3.8) is 0 Å². The highest BCUT2D eigenvalue weighted by Crippen LogP contribution is 2.31. The van der Waals surface area contributed by atoms with Gasteiger partial charge in [0.25, 0.3) is 0 Å². The average Bonchev–Trinajstić information content (AvgIpc) is 2.97. The van der Waals surface area contributed by atoms with Crippen LogP contribution in [0.25, 0.3) is 10.7 Å². The molecule has 2 aromatic rings. The van der Waals surface area contributed by atoms with Crippen molar-refractivity contribution in [2.75, 3.05) is 6.54 Å². The normalized spacial score (nSPS) is 24.3. The van der Waals surface area contributed by atoms with Crippen molar-refractivity contribution < 1.29 is 4.52 Å². The van der Waals surface area contributed by atoms with E-state index in [1.165, 1.54) is 6.42 Å². The highest BCUT2D eigenvalue weighted by Gasteiger charge is 2.25. The third-order valence-electron chi connectivity index (χ3n) is 3.20. The first-order valence-electron chi connectivity index (χ1n) is 6.05. The Hall–Kier alpha value is -0.720. The van der Waals surface area contributed by atoms with Crippen LogP contribution in [0.1, 0.15) is 31.7 Å². The number of rotatable bonds is 2. The number of nitrogens with one attached hydrogen (secondary N) is 1. The summed E-state index contributed by atoms with van der Waals surface area (Å²) < 4.78 is 6.46. The van der Waals surface area contributed by atoms with Gasteiger partial charge in [-0.1, -0.05) is 12.1 Å². The van der Waals surface area contributed by atoms with Gasteiger partial charge in [0.05, 0.1) is 14.7 Å². The minimum Gasteiger partial charge on any atom is -0.337 e. The first-order chi connectivity index (χ1) is 8.72. The molecule has 6 heteroatoms. The zero-order valence-electron chi connectivity index (χ0n) is 10.0. The SMILES string of the molecule is CC1CCNC(c2nc(-c3ccc(Br)s3)no2)C1. The van der Waals surface area contributed by atoms with Gasteiger partial charge in [-0.05, 0) is 53.4 Å². The van der Waals surface area contributed by atoms with Crippen LogP contribution >= 0.6 is 27.3 Å². The van der Waals surface area contributed by atoms with Gasteiger partial charge in [0, 0.05) is 0 Å². The van der Waals surface area contributed by atoms with Gasteiger partial charge in [0.2, 0.25) is 11.7 Å². The Morgan fingerprint density at radius 3 is 3.11 bits per heavy atom. The molecule has 0 amide bonds. The number of hydrogen-bond donors (Lipinski definition) is 1. The van der Waals surface area contributed by atoms with E-state index >= 15 is 0 Å². The molecular weight excluding hydrogens is 314 g/mol. The summed E-state index contributed by atoms with van der Waals surface area (Å²) in [5.41, 5.74) is 0. The average molecular weight is 328 g/mol. The van der Waals surface area contributed by atoms with Gasteiger partial charge >= 0.3 is 0 Å². The number of aromatic nitrogens is 2. The molecule has 0 radical (unpaired) electrons. The molecule has 1 aliphatic heterocycles. The van der Waals surface area contributed by atoms with Crippen LogP contribution in [-0.2, 0) is 0 Å². The summed E-state index contributed by atoms with van der Waals surface area (Å²) in [5.74, 6) is 2.10. The Labute approximate surface area is 118 Å². The molecule has 0 spiro atoms. The number of piperidine rings is 1. The van der Waals surface area contributed by atoms with Crippen LogP contribution in [0.15, 0.2) is 20.4 Å². The van der Waals surface area contributed by atoms with E-state index < -0.39 is 0 Å². The van der Waals surface area contributed by atoms with Gasteiger partial charge in [-0.3, -0.25) is 0 Å². The first kappa shape index (κ1) is 12.3. The molecule has 1 fully saturated rings. The second kappa shape index (κ2) is 5.11. The minimum atomic E-state index is 0.207. The van der Waals surface area contributed by atoms with Crippen molar-refractivity contribution in [1.29, 1.82) is 0 Å². The van der Waals surface area contributed by atoms with Gasteiger partial charge < -0.3 is 9.84 Å². The van der Waals surface area contributed by atoms with Crippen LogP contribution in [0, 0.1) is 5.92 Å². The van der Waals surface area contributed by atoms with E-state index in [9.17, 15) is 0 Å². The standard InChI is InChI=1S/C12H14BrN3OS/c1-7-4-5-14-8(6-7)12-15-11(16-17-12)9-2-3-10(13)18-9/h2-3,7-8,14H,4-6H2,1H3.